The Morgan fingerprint density at radius 2 is 1.86 bits per heavy atom. The molecule has 0 heterocycles. The van der Waals surface area contributed by atoms with Crippen molar-refractivity contribution in [2.75, 3.05) is 0 Å². The van der Waals surface area contributed by atoms with Gasteiger partial charge >= 0.3 is 0 Å². The molecular formula is C10H11F2NO. The molecule has 0 spiro atoms. The quantitative estimate of drug-likeness (QED) is 0.790. The third-order valence-electron chi connectivity index (χ3n) is 1.96. The zero-order valence-corrected chi connectivity index (χ0v) is 7.49. The number of alkyl halides is 2. The fraction of sp³-hybridized carbons (Fsp3) is 0.300. The third-order valence-corrected chi connectivity index (χ3v) is 1.96. The predicted octanol–water partition coefficient (Wildman–Crippen LogP) is 1.91. The molecule has 0 saturated heterocycles. The Hall–Kier alpha value is -1.45. The van der Waals surface area contributed by atoms with Gasteiger partial charge in [-0.15, -0.1) is 0 Å². The van der Waals surface area contributed by atoms with E-state index in [0.717, 1.165) is 0 Å². The first-order chi connectivity index (χ1) is 6.61. The molecule has 1 aromatic rings. The second-order valence-corrected chi connectivity index (χ2v) is 2.99. The van der Waals surface area contributed by atoms with Gasteiger partial charge in [0.1, 0.15) is 0 Å². The maximum absolute atomic E-state index is 12.1. The summed E-state index contributed by atoms with van der Waals surface area (Å²) < 4.78 is 24.2. The van der Waals surface area contributed by atoms with Crippen LogP contribution in [-0.2, 0) is 4.79 Å². The Bertz CT molecular complexity index is 300. The first-order valence-corrected chi connectivity index (χ1v) is 4.23. The number of carbonyl (C=O) groups is 1. The normalized spacial score (nSPS) is 12.8. The highest BCUT2D eigenvalue weighted by atomic mass is 19.3. The summed E-state index contributed by atoms with van der Waals surface area (Å²) in [5.41, 5.74) is 5.59. The summed E-state index contributed by atoms with van der Waals surface area (Å²) in [5.74, 6) is -1.60. The van der Waals surface area contributed by atoms with Gasteiger partial charge in [-0.2, -0.15) is 0 Å². The second-order valence-electron chi connectivity index (χ2n) is 2.99. The maximum atomic E-state index is 12.1. The summed E-state index contributed by atoms with van der Waals surface area (Å²) in [6.45, 7) is 0. The number of halogens is 2. The second kappa shape index (κ2) is 4.69. The number of benzene rings is 1. The number of rotatable bonds is 4. The van der Waals surface area contributed by atoms with Crippen LogP contribution in [0, 0.1) is 0 Å². The fourth-order valence-electron chi connectivity index (χ4n) is 1.28. The summed E-state index contributed by atoms with van der Waals surface area (Å²) in [7, 11) is 0. The van der Waals surface area contributed by atoms with E-state index < -0.39 is 24.7 Å². The van der Waals surface area contributed by atoms with Crippen molar-refractivity contribution in [3.8, 4) is 0 Å². The molecule has 0 aliphatic rings. The molecule has 0 saturated carbocycles. The summed E-state index contributed by atoms with van der Waals surface area (Å²) >= 11 is 0. The van der Waals surface area contributed by atoms with Crippen molar-refractivity contribution < 1.29 is 13.6 Å². The maximum Gasteiger partial charge on any atom is 0.239 e. The van der Waals surface area contributed by atoms with Crippen LogP contribution >= 0.6 is 0 Å². The van der Waals surface area contributed by atoms with E-state index in [9.17, 15) is 13.6 Å². The van der Waals surface area contributed by atoms with E-state index in [0.29, 0.717) is 5.56 Å². The lowest BCUT2D eigenvalue weighted by atomic mass is 9.95. The molecule has 2 nitrogen and oxygen atoms in total. The molecule has 0 aliphatic carbocycles. The summed E-state index contributed by atoms with van der Waals surface area (Å²) in [5, 5.41) is 0. The van der Waals surface area contributed by atoms with Crippen LogP contribution in [0.3, 0.4) is 0 Å². The number of primary amides is 1. The van der Waals surface area contributed by atoms with E-state index in [2.05, 4.69) is 0 Å². The zero-order valence-electron chi connectivity index (χ0n) is 7.49. The lowest BCUT2D eigenvalue weighted by Crippen LogP contribution is -2.23. The molecule has 1 rings (SSSR count). The van der Waals surface area contributed by atoms with Crippen LogP contribution in [0.1, 0.15) is 17.9 Å². The Labute approximate surface area is 80.7 Å². The van der Waals surface area contributed by atoms with Gasteiger partial charge in [0.25, 0.3) is 0 Å². The van der Waals surface area contributed by atoms with E-state index in [1.807, 2.05) is 0 Å². The molecule has 0 bridgehead atoms. The molecule has 14 heavy (non-hydrogen) atoms. The third kappa shape index (κ3) is 2.80. The van der Waals surface area contributed by atoms with Gasteiger partial charge in [0.15, 0.2) is 0 Å². The fourth-order valence-corrected chi connectivity index (χ4v) is 1.28. The number of hydrogen-bond donors (Lipinski definition) is 1. The van der Waals surface area contributed by atoms with Crippen molar-refractivity contribution in [1.82, 2.24) is 0 Å². The molecule has 0 radical (unpaired) electrons. The molecule has 0 aromatic heterocycles. The van der Waals surface area contributed by atoms with Crippen LogP contribution in [0.15, 0.2) is 30.3 Å². The highest BCUT2D eigenvalue weighted by molar-refractivity contribution is 5.81. The lowest BCUT2D eigenvalue weighted by molar-refractivity contribution is -0.120. The molecule has 2 N–H and O–H groups in total. The first-order valence-electron chi connectivity index (χ1n) is 4.23. The largest absolute Gasteiger partial charge is 0.369 e. The number of carbonyl (C=O) groups excluding carboxylic acids is 1. The zero-order chi connectivity index (χ0) is 10.6. The van der Waals surface area contributed by atoms with E-state index in [1.54, 1.807) is 30.3 Å². The Morgan fingerprint density at radius 3 is 2.29 bits per heavy atom. The van der Waals surface area contributed by atoms with Crippen molar-refractivity contribution in [2.24, 2.45) is 5.73 Å². The van der Waals surface area contributed by atoms with Crippen molar-refractivity contribution in [3.05, 3.63) is 35.9 Å². The average molecular weight is 199 g/mol. The highest BCUT2D eigenvalue weighted by Crippen LogP contribution is 2.22. The Morgan fingerprint density at radius 1 is 1.29 bits per heavy atom. The summed E-state index contributed by atoms with van der Waals surface area (Å²) in [6.07, 6.45) is -3.04. The van der Waals surface area contributed by atoms with Crippen molar-refractivity contribution in [2.45, 2.75) is 18.8 Å². The van der Waals surface area contributed by atoms with Crippen LogP contribution in [0.5, 0.6) is 0 Å². The van der Waals surface area contributed by atoms with Crippen LogP contribution in [0.4, 0.5) is 8.78 Å². The van der Waals surface area contributed by atoms with Gasteiger partial charge in [0, 0.05) is 6.42 Å². The van der Waals surface area contributed by atoms with Gasteiger partial charge in [0.2, 0.25) is 12.3 Å². The number of hydrogen-bond acceptors (Lipinski definition) is 1. The van der Waals surface area contributed by atoms with Gasteiger partial charge in [-0.25, -0.2) is 8.78 Å². The highest BCUT2D eigenvalue weighted by Gasteiger charge is 2.21. The number of nitrogens with two attached hydrogens (primary N) is 1. The average Bonchev–Trinajstić information content (AvgIpc) is 2.15. The van der Waals surface area contributed by atoms with Crippen molar-refractivity contribution in [3.63, 3.8) is 0 Å². The molecule has 0 fully saturated rings. The topological polar surface area (TPSA) is 43.1 Å². The molecule has 4 heteroatoms. The van der Waals surface area contributed by atoms with E-state index in [1.165, 1.54) is 0 Å². The Kier molecular flexibility index (Phi) is 3.56. The minimum atomic E-state index is -2.52. The van der Waals surface area contributed by atoms with Gasteiger partial charge in [0.05, 0.1) is 5.92 Å². The van der Waals surface area contributed by atoms with Crippen molar-refractivity contribution in [1.29, 1.82) is 0 Å². The lowest BCUT2D eigenvalue weighted by Gasteiger charge is -2.12. The van der Waals surface area contributed by atoms with Crippen LogP contribution in [-0.4, -0.2) is 12.3 Å². The van der Waals surface area contributed by atoms with E-state index in [4.69, 9.17) is 5.73 Å². The SMILES string of the molecule is NC(=O)C(CC(F)F)c1ccccc1. The minimum absolute atomic E-state index is 0.515. The van der Waals surface area contributed by atoms with E-state index >= 15 is 0 Å². The Balaban J connectivity index is 2.84. The van der Waals surface area contributed by atoms with Crippen LogP contribution in [0.25, 0.3) is 0 Å². The van der Waals surface area contributed by atoms with Crippen LogP contribution in [0.2, 0.25) is 0 Å². The molecule has 0 aliphatic heterocycles. The summed E-state index contributed by atoms with van der Waals surface area (Å²) in [6, 6.07) is 8.38. The molecule has 1 atom stereocenters. The minimum Gasteiger partial charge on any atom is -0.369 e. The molecular weight excluding hydrogens is 188 g/mol. The standard InChI is InChI=1S/C10H11F2NO/c11-9(12)6-8(10(13)14)7-4-2-1-3-5-7/h1-5,8-9H,6H2,(H2,13,14). The molecule has 76 valence electrons. The summed E-state index contributed by atoms with van der Waals surface area (Å²) in [4.78, 5) is 10.9. The predicted molar refractivity (Wildman–Crippen MR) is 49.0 cm³/mol. The van der Waals surface area contributed by atoms with E-state index in [-0.39, 0.29) is 0 Å². The van der Waals surface area contributed by atoms with Gasteiger partial charge in [-0.05, 0) is 5.56 Å². The molecule has 1 unspecified atom stereocenters. The van der Waals surface area contributed by atoms with Crippen LogP contribution < -0.4 is 5.73 Å². The molecule has 1 amide bonds. The van der Waals surface area contributed by atoms with Gasteiger partial charge < -0.3 is 5.73 Å². The van der Waals surface area contributed by atoms with Gasteiger partial charge in [-0.3, -0.25) is 4.79 Å². The monoisotopic (exact) mass is 199 g/mol. The number of amides is 1. The first kappa shape index (κ1) is 10.6. The molecule has 1 aromatic carbocycles. The smallest absolute Gasteiger partial charge is 0.239 e. The van der Waals surface area contributed by atoms with Crippen molar-refractivity contribution >= 4 is 5.91 Å². The van der Waals surface area contributed by atoms with Gasteiger partial charge in [-0.1, -0.05) is 30.3 Å².